The van der Waals surface area contributed by atoms with Crippen LogP contribution in [0.5, 0.6) is 0 Å². The zero-order valence-corrected chi connectivity index (χ0v) is 28.3. The summed E-state index contributed by atoms with van der Waals surface area (Å²) in [5, 5.41) is 27.9. The van der Waals surface area contributed by atoms with Gasteiger partial charge in [-0.1, -0.05) is 76.3 Å². The molecule has 2 aromatic rings. The minimum atomic E-state index is -4.05. The molecule has 6 N–H and O–H groups in total. The van der Waals surface area contributed by atoms with Crippen molar-refractivity contribution in [1.82, 2.24) is 29.6 Å². The highest BCUT2D eigenvalue weighted by Crippen LogP contribution is 2.29. The molecule has 14 heteroatoms. The molecule has 1 aromatic heterocycles. The summed E-state index contributed by atoms with van der Waals surface area (Å²) in [5.41, 5.74) is 1.32. The molecule has 262 valence electrons. The molecule has 1 saturated carbocycles. The molecule has 1 unspecified atom stereocenters. The highest BCUT2D eigenvalue weighted by atomic mass is 32.2. The van der Waals surface area contributed by atoms with Crippen molar-refractivity contribution in [3.63, 3.8) is 0 Å². The lowest BCUT2D eigenvalue weighted by atomic mass is 9.82. The maximum Gasteiger partial charge on any atom is 0.280 e. The first kappa shape index (κ1) is 36.9. The number of morpholine rings is 1. The first-order valence-electron chi connectivity index (χ1n) is 16.8. The Balaban J connectivity index is 1.56. The molecular formula is C33H52N6O7S. The van der Waals surface area contributed by atoms with Crippen LogP contribution in [-0.4, -0.2) is 101 Å². The molecule has 1 saturated heterocycles. The summed E-state index contributed by atoms with van der Waals surface area (Å²) >= 11 is 0. The lowest BCUT2D eigenvalue weighted by Crippen LogP contribution is -2.59. The van der Waals surface area contributed by atoms with E-state index in [1.165, 1.54) is 10.6 Å². The number of hydrogen-bond donors (Lipinski definition) is 6. The summed E-state index contributed by atoms with van der Waals surface area (Å²) in [6.07, 6.45) is 7.06. The summed E-state index contributed by atoms with van der Waals surface area (Å²) in [5.74, 6) is -0.782. The Morgan fingerprint density at radius 3 is 2.32 bits per heavy atom. The van der Waals surface area contributed by atoms with Gasteiger partial charge in [-0.15, -0.1) is 0 Å². The van der Waals surface area contributed by atoms with Crippen molar-refractivity contribution >= 4 is 22.0 Å². The van der Waals surface area contributed by atoms with Gasteiger partial charge in [0, 0.05) is 31.4 Å². The van der Waals surface area contributed by atoms with Crippen molar-refractivity contribution < 1.29 is 33.0 Å². The van der Waals surface area contributed by atoms with Gasteiger partial charge in [-0.3, -0.25) is 9.59 Å². The molecule has 47 heavy (non-hydrogen) atoms. The van der Waals surface area contributed by atoms with E-state index < -0.39 is 52.4 Å². The first-order valence-corrected chi connectivity index (χ1v) is 18.3. The fraction of sp³-hybridized carbons (Fsp3) is 0.667. The Morgan fingerprint density at radius 1 is 1.00 bits per heavy atom. The van der Waals surface area contributed by atoms with Gasteiger partial charge < -0.3 is 30.6 Å². The van der Waals surface area contributed by atoms with Crippen molar-refractivity contribution in [2.45, 2.75) is 102 Å². The highest BCUT2D eigenvalue weighted by molar-refractivity contribution is 7.87. The molecule has 1 aliphatic carbocycles. The van der Waals surface area contributed by atoms with Crippen LogP contribution < -0.4 is 15.4 Å². The minimum Gasteiger partial charge on any atom is -0.390 e. The van der Waals surface area contributed by atoms with Crippen LogP contribution in [0.15, 0.2) is 42.9 Å². The molecule has 2 aliphatic rings. The minimum absolute atomic E-state index is 0.0482. The van der Waals surface area contributed by atoms with Crippen molar-refractivity contribution in [3.05, 3.63) is 54.1 Å². The average Bonchev–Trinajstić information content (AvgIpc) is 3.57. The van der Waals surface area contributed by atoms with Crippen LogP contribution >= 0.6 is 0 Å². The van der Waals surface area contributed by atoms with Gasteiger partial charge in [-0.25, -0.2) is 4.98 Å². The number of ether oxygens (including phenoxy) is 1. The number of hydrogen-bond acceptors (Lipinski definition) is 8. The predicted octanol–water partition coefficient (Wildman–Crippen LogP) is 1.44. The van der Waals surface area contributed by atoms with E-state index in [0.717, 1.165) is 37.7 Å². The van der Waals surface area contributed by atoms with E-state index in [1.54, 1.807) is 30.5 Å². The zero-order valence-electron chi connectivity index (χ0n) is 27.5. The number of H-pyrrole nitrogens is 1. The Hall–Kier alpha value is -2.88. The van der Waals surface area contributed by atoms with Gasteiger partial charge in [0.1, 0.15) is 18.2 Å². The molecule has 1 aliphatic heterocycles. The lowest BCUT2D eigenvalue weighted by molar-refractivity contribution is -0.131. The van der Waals surface area contributed by atoms with Crippen molar-refractivity contribution in [2.24, 2.45) is 11.8 Å². The molecule has 5 atom stereocenters. The van der Waals surface area contributed by atoms with Crippen LogP contribution in [0.2, 0.25) is 0 Å². The zero-order chi connectivity index (χ0) is 33.8. The van der Waals surface area contributed by atoms with Crippen LogP contribution in [0, 0.1) is 11.8 Å². The summed E-state index contributed by atoms with van der Waals surface area (Å²) < 4.78 is 35.8. The predicted molar refractivity (Wildman–Crippen MR) is 177 cm³/mol. The normalized spacial score (nSPS) is 19.9. The maximum absolute atomic E-state index is 14.0. The first-order chi connectivity index (χ1) is 22.5. The van der Waals surface area contributed by atoms with Gasteiger partial charge in [-0.05, 0) is 36.7 Å². The molecule has 2 heterocycles. The Bertz CT molecular complexity index is 1330. The number of aliphatic hydroxyl groups excluding tert-OH is 2. The van der Waals surface area contributed by atoms with Crippen LogP contribution in [0.25, 0.3) is 0 Å². The molecular weight excluding hydrogens is 624 g/mol. The largest absolute Gasteiger partial charge is 0.390 e. The van der Waals surface area contributed by atoms with Crippen molar-refractivity contribution in [1.29, 1.82) is 0 Å². The molecule has 1 aromatic carbocycles. The average molecular weight is 677 g/mol. The fourth-order valence-electron chi connectivity index (χ4n) is 6.42. The molecule has 0 spiro atoms. The number of aromatic amines is 1. The number of rotatable bonds is 17. The van der Waals surface area contributed by atoms with Gasteiger partial charge >= 0.3 is 0 Å². The van der Waals surface area contributed by atoms with Crippen LogP contribution in [0.3, 0.4) is 0 Å². The van der Waals surface area contributed by atoms with Gasteiger partial charge in [0.25, 0.3) is 10.2 Å². The SMILES string of the molecule is CC(C)C[C@H](O)[C@H](O)[C@H](CC1CCCCC1)NC(=O)C(Cc1cnc[nH]1)NC(=O)[C@H](Cc1ccccc1)NS(=O)(=O)N1CCOCC1. The van der Waals surface area contributed by atoms with E-state index in [-0.39, 0.29) is 45.1 Å². The molecule has 4 rings (SSSR count). The number of carbonyl (C=O) groups excluding carboxylic acids is 2. The third kappa shape index (κ3) is 11.6. The number of carbonyl (C=O) groups is 2. The molecule has 0 bridgehead atoms. The van der Waals surface area contributed by atoms with Crippen molar-refractivity contribution in [3.8, 4) is 0 Å². The van der Waals surface area contributed by atoms with Gasteiger partial charge in [-0.2, -0.15) is 17.4 Å². The second-order valence-corrected chi connectivity index (χ2v) is 15.0. The smallest absolute Gasteiger partial charge is 0.280 e. The van der Waals surface area contributed by atoms with E-state index >= 15 is 0 Å². The van der Waals surface area contributed by atoms with Gasteiger partial charge in [0.15, 0.2) is 0 Å². The topological polar surface area (TPSA) is 186 Å². The fourth-order valence-corrected chi connectivity index (χ4v) is 7.75. The summed E-state index contributed by atoms with van der Waals surface area (Å²) in [7, 11) is -4.05. The Morgan fingerprint density at radius 2 is 1.68 bits per heavy atom. The second-order valence-electron chi connectivity index (χ2n) is 13.3. The molecule has 0 radical (unpaired) electrons. The number of amides is 2. The number of nitrogens with zero attached hydrogens (tertiary/aromatic N) is 2. The highest BCUT2D eigenvalue weighted by Gasteiger charge is 2.36. The van der Waals surface area contributed by atoms with Crippen LogP contribution in [0.1, 0.15) is 70.1 Å². The quantitative estimate of drug-likeness (QED) is 0.145. The van der Waals surface area contributed by atoms with E-state index in [9.17, 15) is 28.2 Å². The van der Waals surface area contributed by atoms with E-state index in [1.807, 2.05) is 19.9 Å². The van der Waals surface area contributed by atoms with E-state index in [2.05, 4.69) is 25.3 Å². The van der Waals surface area contributed by atoms with Gasteiger partial charge in [0.05, 0.1) is 31.7 Å². The molecule has 13 nitrogen and oxygen atoms in total. The summed E-state index contributed by atoms with van der Waals surface area (Å²) in [4.78, 5) is 35.0. The number of nitrogens with one attached hydrogen (secondary N) is 4. The van der Waals surface area contributed by atoms with Gasteiger partial charge in [0.2, 0.25) is 11.8 Å². The van der Waals surface area contributed by atoms with Crippen LogP contribution in [0.4, 0.5) is 0 Å². The monoisotopic (exact) mass is 676 g/mol. The maximum atomic E-state index is 14.0. The summed E-state index contributed by atoms with van der Waals surface area (Å²) in [6.45, 7) is 4.74. The van der Waals surface area contributed by atoms with E-state index in [4.69, 9.17) is 4.74 Å². The number of aliphatic hydroxyl groups is 2. The third-order valence-electron chi connectivity index (χ3n) is 8.97. The number of aromatic nitrogens is 2. The number of imidazole rings is 1. The second kappa shape index (κ2) is 18.0. The lowest BCUT2D eigenvalue weighted by Gasteiger charge is -2.34. The summed E-state index contributed by atoms with van der Waals surface area (Å²) in [6, 6.07) is 5.96. The number of benzene rings is 1. The molecule has 2 fully saturated rings. The Kier molecular flexibility index (Phi) is 14.2. The standard InChI is InChI=1S/C33H52N6O7S/c1-23(2)17-30(40)31(41)27(18-24-9-5-3-6-10-24)36-32(42)28(20-26-21-34-22-35-26)37-33(43)29(19-25-11-7-4-8-12-25)38-47(44,45)39-13-15-46-16-14-39/h4,7-8,11-12,21-24,27-31,38,40-41H,3,5-6,9-10,13-20H2,1-2H3,(H,34,35)(H,36,42)(H,37,43)/t27-,28?,29-,30-,31+/m0/s1. The van der Waals surface area contributed by atoms with E-state index in [0.29, 0.717) is 24.5 Å². The Labute approximate surface area is 278 Å². The van der Waals surface area contributed by atoms with Crippen molar-refractivity contribution in [2.75, 3.05) is 26.3 Å². The molecule has 2 amide bonds. The van der Waals surface area contributed by atoms with Crippen LogP contribution in [-0.2, 0) is 37.4 Å². The third-order valence-corrected chi connectivity index (χ3v) is 10.6.